The maximum absolute atomic E-state index is 5.96. The molecule has 0 aliphatic carbocycles. The largest absolute Gasteiger partial charge is 0.497 e. The molecule has 1 aromatic carbocycles. The molecule has 2 N–H and O–H groups in total. The van der Waals surface area contributed by atoms with Crippen LogP contribution in [0.2, 0.25) is 0 Å². The van der Waals surface area contributed by atoms with Crippen LogP contribution in [0.5, 0.6) is 5.75 Å². The Labute approximate surface area is 125 Å². The van der Waals surface area contributed by atoms with Gasteiger partial charge in [-0.3, -0.25) is 4.90 Å². The van der Waals surface area contributed by atoms with Crippen molar-refractivity contribution in [1.29, 1.82) is 0 Å². The third-order valence-corrected chi connectivity index (χ3v) is 4.54. The minimum absolute atomic E-state index is 0.274. The highest BCUT2D eigenvalue weighted by Gasteiger charge is 2.17. The highest BCUT2D eigenvalue weighted by molar-refractivity contribution is 7.12. The number of rotatable bonds is 6. The summed E-state index contributed by atoms with van der Waals surface area (Å²) in [6.45, 7) is 3.64. The molecule has 1 aromatic heterocycles. The zero-order valence-electron chi connectivity index (χ0n) is 12.3. The number of hydrogen-bond acceptors (Lipinski definition) is 4. The van der Waals surface area contributed by atoms with Gasteiger partial charge in [-0.2, -0.15) is 0 Å². The summed E-state index contributed by atoms with van der Waals surface area (Å²) >= 11 is 1.82. The molecule has 0 saturated carbocycles. The van der Waals surface area contributed by atoms with Crippen molar-refractivity contribution in [2.75, 3.05) is 20.7 Å². The van der Waals surface area contributed by atoms with Crippen LogP contribution < -0.4 is 10.5 Å². The van der Waals surface area contributed by atoms with E-state index < -0.39 is 0 Å². The molecule has 0 bridgehead atoms. The molecule has 0 aliphatic rings. The van der Waals surface area contributed by atoms with Crippen molar-refractivity contribution >= 4 is 11.3 Å². The molecule has 3 nitrogen and oxygen atoms in total. The summed E-state index contributed by atoms with van der Waals surface area (Å²) < 4.78 is 5.18. The van der Waals surface area contributed by atoms with Gasteiger partial charge in [-0.05, 0) is 43.8 Å². The van der Waals surface area contributed by atoms with Crippen molar-refractivity contribution in [3.8, 4) is 5.75 Å². The first-order valence-electron chi connectivity index (χ1n) is 6.73. The van der Waals surface area contributed by atoms with Gasteiger partial charge < -0.3 is 10.5 Å². The predicted molar refractivity (Wildman–Crippen MR) is 85.3 cm³/mol. The van der Waals surface area contributed by atoms with E-state index in [-0.39, 0.29) is 6.04 Å². The first kappa shape index (κ1) is 15.0. The fourth-order valence-corrected chi connectivity index (χ4v) is 3.33. The number of nitrogens with zero attached hydrogens (tertiary/aromatic N) is 1. The molecule has 4 heteroatoms. The van der Waals surface area contributed by atoms with Crippen molar-refractivity contribution in [3.05, 3.63) is 51.7 Å². The fraction of sp³-hybridized carbons (Fsp3) is 0.375. The maximum Gasteiger partial charge on any atom is 0.118 e. The van der Waals surface area contributed by atoms with Gasteiger partial charge >= 0.3 is 0 Å². The molecular weight excluding hydrogens is 268 g/mol. The van der Waals surface area contributed by atoms with Crippen LogP contribution in [-0.2, 0) is 6.54 Å². The SMILES string of the molecule is COc1ccc(CN(C)C(CN)c2ccc(C)s2)cc1. The summed E-state index contributed by atoms with van der Waals surface area (Å²) in [5, 5.41) is 0. The van der Waals surface area contributed by atoms with Gasteiger partial charge in [0.15, 0.2) is 0 Å². The first-order chi connectivity index (χ1) is 9.63. The van der Waals surface area contributed by atoms with Gasteiger partial charge in [-0.1, -0.05) is 12.1 Å². The Bertz CT molecular complexity index is 536. The van der Waals surface area contributed by atoms with Crippen LogP contribution in [0, 0.1) is 6.92 Å². The predicted octanol–water partition coefficient (Wildman–Crippen LogP) is 3.20. The second-order valence-corrected chi connectivity index (χ2v) is 6.28. The molecule has 1 unspecified atom stereocenters. The van der Waals surface area contributed by atoms with Crippen LogP contribution in [-0.4, -0.2) is 25.6 Å². The normalized spacial score (nSPS) is 12.7. The van der Waals surface area contributed by atoms with E-state index in [0.717, 1.165) is 12.3 Å². The van der Waals surface area contributed by atoms with E-state index in [4.69, 9.17) is 10.5 Å². The summed E-state index contributed by atoms with van der Waals surface area (Å²) in [6, 6.07) is 12.8. The minimum Gasteiger partial charge on any atom is -0.497 e. The van der Waals surface area contributed by atoms with Crippen LogP contribution in [0.4, 0.5) is 0 Å². The molecule has 0 saturated heterocycles. The standard InChI is InChI=1S/C16H22N2OS/c1-12-4-9-16(20-12)15(10-17)18(2)11-13-5-7-14(19-3)8-6-13/h4-9,15H,10-11,17H2,1-3H3. The topological polar surface area (TPSA) is 38.5 Å². The van der Waals surface area contributed by atoms with Gasteiger partial charge in [0.25, 0.3) is 0 Å². The average Bonchev–Trinajstić information content (AvgIpc) is 2.87. The third kappa shape index (κ3) is 3.60. The highest BCUT2D eigenvalue weighted by Crippen LogP contribution is 2.27. The third-order valence-electron chi connectivity index (χ3n) is 3.44. The van der Waals surface area contributed by atoms with Crippen molar-refractivity contribution < 1.29 is 4.74 Å². The van der Waals surface area contributed by atoms with Crippen molar-refractivity contribution in [2.45, 2.75) is 19.5 Å². The van der Waals surface area contributed by atoms with Crippen molar-refractivity contribution in [3.63, 3.8) is 0 Å². The Hall–Kier alpha value is -1.36. The smallest absolute Gasteiger partial charge is 0.118 e. The maximum atomic E-state index is 5.96. The molecule has 108 valence electrons. The van der Waals surface area contributed by atoms with Crippen LogP contribution in [0.3, 0.4) is 0 Å². The number of thiophene rings is 1. The number of likely N-dealkylation sites (N-methyl/N-ethyl adjacent to an activating group) is 1. The van der Waals surface area contributed by atoms with Gasteiger partial charge in [0.1, 0.15) is 5.75 Å². The van der Waals surface area contributed by atoms with Gasteiger partial charge in [0.2, 0.25) is 0 Å². The summed E-state index contributed by atoms with van der Waals surface area (Å²) in [6.07, 6.45) is 0. The Morgan fingerprint density at radius 1 is 1.20 bits per heavy atom. The van der Waals surface area contributed by atoms with Gasteiger partial charge in [-0.25, -0.2) is 0 Å². The highest BCUT2D eigenvalue weighted by atomic mass is 32.1. The molecule has 0 spiro atoms. The van der Waals surface area contributed by atoms with Gasteiger partial charge in [0.05, 0.1) is 13.2 Å². The lowest BCUT2D eigenvalue weighted by Gasteiger charge is -2.26. The molecule has 1 atom stereocenters. The molecule has 2 aromatic rings. The van der Waals surface area contributed by atoms with E-state index in [2.05, 4.69) is 43.1 Å². The Balaban J connectivity index is 2.06. The van der Waals surface area contributed by atoms with Crippen LogP contribution in [0.1, 0.15) is 21.4 Å². The minimum atomic E-state index is 0.274. The monoisotopic (exact) mass is 290 g/mol. The first-order valence-corrected chi connectivity index (χ1v) is 7.55. The van der Waals surface area contributed by atoms with Gasteiger partial charge in [-0.15, -0.1) is 11.3 Å². The van der Waals surface area contributed by atoms with Crippen LogP contribution in [0.15, 0.2) is 36.4 Å². The van der Waals surface area contributed by atoms with E-state index >= 15 is 0 Å². The summed E-state index contributed by atoms with van der Waals surface area (Å²) in [5.74, 6) is 0.889. The second kappa shape index (κ2) is 6.88. The lowest BCUT2D eigenvalue weighted by Crippen LogP contribution is -2.29. The summed E-state index contributed by atoms with van der Waals surface area (Å²) in [5.41, 5.74) is 7.22. The van der Waals surface area contributed by atoms with Crippen LogP contribution >= 0.6 is 11.3 Å². The second-order valence-electron chi connectivity index (χ2n) is 4.96. The number of hydrogen-bond donors (Lipinski definition) is 1. The molecule has 20 heavy (non-hydrogen) atoms. The molecule has 1 heterocycles. The number of ether oxygens (including phenoxy) is 1. The van der Waals surface area contributed by atoms with E-state index in [0.29, 0.717) is 6.54 Å². The quantitative estimate of drug-likeness (QED) is 0.888. The van der Waals surface area contributed by atoms with E-state index in [1.54, 1.807) is 7.11 Å². The average molecular weight is 290 g/mol. The van der Waals surface area contributed by atoms with E-state index in [9.17, 15) is 0 Å². The Morgan fingerprint density at radius 3 is 2.40 bits per heavy atom. The van der Waals surface area contributed by atoms with E-state index in [1.807, 2.05) is 23.5 Å². The lowest BCUT2D eigenvalue weighted by atomic mass is 10.1. The van der Waals surface area contributed by atoms with Crippen molar-refractivity contribution in [1.82, 2.24) is 4.90 Å². The fourth-order valence-electron chi connectivity index (χ4n) is 2.27. The molecule has 0 fully saturated rings. The number of nitrogens with two attached hydrogens (primary N) is 1. The number of methoxy groups -OCH3 is 1. The lowest BCUT2D eigenvalue weighted by molar-refractivity contribution is 0.245. The van der Waals surface area contributed by atoms with Crippen LogP contribution in [0.25, 0.3) is 0 Å². The summed E-state index contributed by atoms with van der Waals surface area (Å²) in [4.78, 5) is 4.96. The molecular formula is C16H22N2OS. The molecule has 0 aliphatic heterocycles. The Morgan fingerprint density at radius 2 is 1.90 bits per heavy atom. The van der Waals surface area contributed by atoms with Crippen molar-refractivity contribution in [2.24, 2.45) is 5.73 Å². The Kier molecular flexibility index (Phi) is 5.17. The molecule has 2 rings (SSSR count). The zero-order valence-corrected chi connectivity index (χ0v) is 13.1. The summed E-state index contributed by atoms with van der Waals surface area (Å²) in [7, 11) is 3.81. The van der Waals surface area contributed by atoms with E-state index in [1.165, 1.54) is 15.3 Å². The number of aryl methyl sites for hydroxylation is 1. The van der Waals surface area contributed by atoms with Gasteiger partial charge in [0, 0.05) is 22.8 Å². The molecule has 0 amide bonds. The zero-order chi connectivity index (χ0) is 14.5. The molecule has 0 radical (unpaired) electrons. The number of benzene rings is 1.